The lowest BCUT2D eigenvalue weighted by molar-refractivity contribution is 0.0527. The third-order valence-corrected chi connectivity index (χ3v) is 7.22. The van der Waals surface area contributed by atoms with Crippen LogP contribution in [-0.2, 0) is 9.47 Å². The Morgan fingerprint density at radius 3 is 2.32 bits per heavy atom. The highest BCUT2D eigenvalue weighted by Crippen LogP contribution is 2.36. The maximum Gasteiger partial charge on any atom is 0.348 e. The quantitative estimate of drug-likeness (QED) is 0.236. The van der Waals surface area contributed by atoms with Gasteiger partial charge in [-0.05, 0) is 75.0 Å². The molecule has 0 unspecified atom stereocenters. The average molecular weight is 535 g/mol. The van der Waals surface area contributed by atoms with Crippen LogP contribution in [0.3, 0.4) is 0 Å². The number of thiocarbonyl (C=S) groups is 1. The van der Waals surface area contributed by atoms with Gasteiger partial charge in [-0.1, -0.05) is 35.5 Å². The van der Waals surface area contributed by atoms with E-state index in [-0.39, 0.29) is 23.9 Å². The second-order valence-corrected chi connectivity index (χ2v) is 9.81. The fraction of sp³-hybridized carbons (Fsp3) is 0.208. The van der Waals surface area contributed by atoms with Crippen LogP contribution in [-0.4, -0.2) is 30.3 Å². The van der Waals surface area contributed by atoms with Crippen LogP contribution < -0.4 is 10.6 Å². The summed E-state index contributed by atoms with van der Waals surface area (Å²) in [5.41, 5.74) is 1.55. The number of esters is 2. The van der Waals surface area contributed by atoms with Crippen LogP contribution in [0.5, 0.6) is 0 Å². The van der Waals surface area contributed by atoms with E-state index < -0.39 is 11.9 Å². The fourth-order valence-electron chi connectivity index (χ4n) is 2.99. The number of carbonyl (C=O) groups excluding carboxylic acids is 2. The maximum atomic E-state index is 12.6. The van der Waals surface area contributed by atoms with Crippen molar-refractivity contribution < 1.29 is 19.1 Å². The molecule has 0 atom stereocenters. The van der Waals surface area contributed by atoms with E-state index in [2.05, 4.69) is 10.6 Å². The number of hydrogen-bond acceptors (Lipinski definition) is 7. The SMILES string of the molecule is CCOC(=O)c1sc(NC(=S)Nc2ccccc2Sc2ccc(Cl)cc2)c(C(=O)OCC)c1C. The molecule has 2 N–H and O–H groups in total. The Morgan fingerprint density at radius 2 is 1.65 bits per heavy atom. The number of para-hydroxylation sites is 1. The predicted molar refractivity (Wildman–Crippen MR) is 143 cm³/mol. The lowest BCUT2D eigenvalue weighted by Crippen LogP contribution is -2.20. The molecule has 10 heteroatoms. The number of ether oxygens (including phenoxy) is 2. The Hall–Kier alpha value is -2.59. The Balaban J connectivity index is 1.83. The van der Waals surface area contributed by atoms with Crippen molar-refractivity contribution in [2.24, 2.45) is 0 Å². The molecule has 3 aromatic rings. The third-order valence-electron chi connectivity index (χ3n) is 4.49. The van der Waals surface area contributed by atoms with Crippen molar-refractivity contribution in [1.29, 1.82) is 0 Å². The number of nitrogens with one attached hydrogen (secondary N) is 2. The molecule has 1 aromatic heterocycles. The van der Waals surface area contributed by atoms with Crippen molar-refractivity contribution in [3.8, 4) is 0 Å². The van der Waals surface area contributed by atoms with Gasteiger partial charge in [0, 0.05) is 14.8 Å². The van der Waals surface area contributed by atoms with Crippen molar-refractivity contribution in [3.05, 3.63) is 69.6 Å². The van der Waals surface area contributed by atoms with Gasteiger partial charge in [-0.2, -0.15) is 0 Å². The highest BCUT2D eigenvalue weighted by molar-refractivity contribution is 7.99. The highest BCUT2D eigenvalue weighted by atomic mass is 35.5. The summed E-state index contributed by atoms with van der Waals surface area (Å²) in [5.74, 6) is -1.03. The third kappa shape index (κ3) is 6.50. The molecule has 0 fully saturated rings. The average Bonchev–Trinajstić information content (AvgIpc) is 3.12. The molecule has 178 valence electrons. The summed E-state index contributed by atoms with van der Waals surface area (Å²) in [6, 6.07) is 15.3. The van der Waals surface area contributed by atoms with E-state index in [0.29, 0.717) is 20.5 Å². The Labute approximate surface area is 217 Å². The molecular weight excluding hydrogens is 512 g/mol. The molecule has 6 nitrogen and oxygen atoms in total. The molecule has 0 aliphatic rings. The summed E-state index contributed by atoms with van der Waals surface area (Å²) in [6.07, 6.45) is 0. The van der Waals surface area contributed by atoms with Crippen LogP contribution in [0.4, 0.5) is 10.7 Å². The molecule has 1 heterocycles. The molecule has 34 heavy (non-hydrogen) atoms. The molecular formula is C24H23ClN2O4S3. The van der Waals surface area contributed by atoms with Crippen molar-refractivity contribution in [2.75, 3.05) is 23.8 Å². The molecule has 0 spiro atoms. The van der Waals surface area contributed by atoms with Gasteiger partial charge in [0.05, 0.1) is 24.5 Å². The zero-order valence-corrected chi connectivity index (χ0v) is 22.0. The van der Waals surface area contributed by atoms with Crippen molar-refractivity contribution >= 4 is 74.7 Å². The van der Waals surface area contributed by atoms with Gasteiger partial charge in [0.15, 0.2) is 5.11 Å². The van der Waals surface area contributed by atoms with E-state index in [1.165, 1.54) is 0 Å². The van der Waals surface area contributed by atoms with E-state index in [1.54, 1.807) is 32.5 Å². The second kappa shape index (κ2) is 12.2. The smallest absolute Gasteiger partial charge is 0.348 e. The van der Waals surface area contributed by atoms with Crippen LogP contribution in [0.1, 0.15) is 39.4 Å². The largest absolute Gasteiger partial charge is 0.462 e. The summed E-state index contributed by atoms with van der Waals surface area (Å²) >= 11 is 14.2. The molecule has 3 rings (SSSR count). The van der Waals surface area contributed by atoms with E-state index in [1.807, 2.05) is 48.5 Å². The van der Waals surface area contributed by atoms with Gasteiger partial charge >= 0.3 is 11.9 Å². The zero-order valence-electron chi connectivity index (χ0n) is 18.8. The molecule has 0 aliphatic heterocycles. The normalized spacial score (nSPS) is 10.5. The Bertz CT molecular complexity index is 1200. The molecule has 0 saturated carbocycles. The number of benzene rings is 2. The maximum absolute atomic E-state index is 12.6. The number of hydrogen-bond donors (Lipinski definition) is 2. The van der Waals surface area contributed by atoms with Gasteiger partial charge in [0.2, 0.25) is 0 Å². The minimum atomic E-state index is -0.532. The first kappa shape index (κ1) is 26.0. The molecule has 0 aliphatic carbocycles. The first-order chi connectivity index (χ1) is 16.3. The van der Waals surface area contributed by atoms with E-state index in [4.69, 9.17) is 33.3 Å². The van der Waals surface area contributed by atoms with Gasteiger partial charge < -0.3 is 20.1 Å². The van der Waals surface area contributed by atoms with E-state index in [0.717, 1.165) is 26.8 Å². The second-order valence-electron chi connectivity index (χ2n) is 6.83. The number of carbonyl (C=O) groups is 2. The Kier molecular flexibility index (Phi) is 9.35. The first-order valence-electron chi connectivity index (χ1n) is 10.4. The van der Waals surface area contributed by atoms with Gasteiger partial charge in [-0.15, -0.1) is 11.3 Å². The predicted octanol–water partition coefficient (Wildman–Crippen LogP) is 7.02. The monoisotopic (exact) mass is 534 g/mol. The van der Waals surface area contributed by atoms with Crippen molar-refractivity contribution in [3.63, 3.8) is 0 Å². The summed E-state index contributed by atoms with van der Waals surface area (Å²) < 4.78 is 10.3. The number of rotatable bonds is 8. The molecule has 0 amide bonds. The highest BCUT2D eigenvalue weighted by Gasteiger charge is 2.27. The number of thiophene rings is 1. The van der Waals surface area contributed by atoms with Gasteiger partial charge in [-0.3, -0.25) is 0 Å². The van der Waals surface area contributed by atoms with Gasteiger partial charge in [0.25, 0.3) is 0 Å². The van der Waals surface area contributed by atoms with Gasteiger partial charge in [-0.25, -0.2) is 9.59 Å². The summed E-state index contributed by atoms with van der Waals surface area (Å²) in [5, 5.41) is 7.60. The lowest BCUT2D eigenvalue weighted by Gasteiger charge is -2.14. The number of anilines is 2. The molecule has 0 radical (unpaired) electrons. The summed E-state index contributed by atoms with van der Waals surface area (Å²) in [6.45, 7) is 5.58. The minimum absolute atomic E-state index is 0.209. The van der Waals surface area contributed by atoms with Crippen LogP contribution >= 0.6 is 46.9 Å². The van der Waals surface area contributed by atoms with Crippen molar-refractivity contribution in [1.82, 2.24) is 0 Å². The Morgan fingerprint density at radius 1 is 1.00 bits per heavy atom. The van der Waals surface area contributed by atoms with E-state index >= 15 is 0 Å². The van der Waals surface area contributed by atoms with Crippen LogP contribution in [0.2, 0.25) is 5.02 Å². The summed E-state index contributed by atoms with van der Waals surface area (Å²) in [7, 11) is 0. The van der Waals surface area contributed by atoms with Crippen molar-refractivity contribution in [2.45, 2.75) is 30.6 Å². The van der Waals surface area contributed by atoms with Crippen LogP contribution in [0.25, 0.3) is 0 Å². The van der Waals surface area contributed by atoms with Crippen LogP contribution in [0.15, 0.2) is 58.3 Å². The first-order valence-corrected chi connectivity index (χ1v) is 12.8. The zero-order chi connectivity index (χ0) is 24.7. The molecule has 0 saturated heterocycles. The van der Waals surface area contributed by atoms with Gasteiger partial charge in [0.1, 0.15) is 9.88 Å². The minimum Gasteiger partial charge on any atom is -0.462 e. The topological polar surface area (TPSA) is 76.7 Å². The summed E-state index contributed by atoms with van der Waals surface area (Å²) in [4.78, 5) is 27.3. The van der Waals surface area contributed by atoms with E-state index in [9.17, 15) is 9.59 Å². The lowest BCUT2D eigenvalue weighted by atomic mass is 10.1. The fourth-order valence-corrected chi connectivity index (χ4v) is 5.38. The molecule has 2 aromatic carbocycles. The molecule has 0 bridgehead atoms. The standard InChI is InChI=1S/C24H23ClN2O4S3/c1-4-30-22(28)19-14(3)20(23(29)31-5-2)34-21(19)27-24(32)26-17-8-6-7-9-18(17)33-16-12-10-15(25)11-13-16/h6-13H,4-5H2,1-3H3,(H2,26,27,32). The van der Waals surface area contributed by atoms with Crippen LogP contribution in [0, 0.1) is 6.92 Å². The number of halogens is 1.